The second kappa shape index (κ2) is 13.1. The van der Waals surface area contributed by atoms with Crippen molar-refractivity contribution < 1.29 is 47.6 Å². The Balaban J connectivity index is 2.66. The van der Waals surface area contributed by atoms with Gasteiger partial charge in [-0.25, -0.2) is 0 Å². The minimum atomic E-state index is -1.82. The molecular weight excluding hydrogens is 472 g/mol. The van der Waals surface area contributed by atoms with Gasteiger partial charge in [-0.1, -0.05) is 0 Å². The number of Topliss-reactive ketones (excluding diaryl/α,β-unsaturated/α-hetero) is 2. The number of esters is 2. The largest absolute Gasteiger partial charge is 0.493 e. The van der Waals surface area contributed by atoms with Gasteiger partial charge in [-0.2, -0.15) is 0 Å². The Morgan fingerprint density at radius 1 is 0.583 bits per heavy atom. The molecule has 2 aromatic carbocycles. The minimum Gasteiger partial charge on any atom is -0.493 e. The van der Waals surface area contributed by atoms with Crippen LogP contribution in [-0.4, -0.2) is 65.2 Å². The normalized spacial score (nSPS) is 12.1. The van der Waals surface area contributed by atoms with E-state index in [9.17, 15) is 19.2 Å². The fourth-order valence-electron chi connectivity index (χ4n) is 3.59. The van der Waals surface area contributed by atoms with E-state index in [0.29, 0.717) is 11.5 Å². The lowest BCUT2D eigenvalue weighted by Crippen LogP contribution is -2.42. The predicted octanol–water partition coefficient (Wildman–Crippen LogP) is 3.15. The van der Waals surface area contributed by atoms with E-state index < -0.39 is 35.3 Å². The molecule has 36 heavy (non-hydrogen) atoms. The summed E-state index contributed by atoms with van der Waals surface area (Å²) in [5.74, 6) is -6.19. The summed E-state index contributed by atoms with van der Waals surface area (Å²) in [5, 5.41) is 0. The predicted molar refractivity (Wildman–Crippen MR) is 128 cm³/mol. The number of carbonyl (C=O) groups excluding carboxylic acids is 4. The summed E-state index contributed by atoms with van der Waals surface area (Å²) >= 11 is 0. The van der Waals surface area contributed by atoms with E-state index in [4.69, 9.17) is 28.4 Å². The standard InChI is InChI=1S/C26H30O10/c1-7-35-25(29)21(23(27)15-9-11-17(31-3)19(13-15)33-5)22(26(30)36-8-2)24(28)16-10-12-18(32-4)20(14-16)34-6/h9-14,21-22H,7-8H2,1-6H3. The molecule has 194 valence electrons. The number of benzene rings is 2. The number of hydrogen-bond acceptors (Lipinski definition) is 10. The molecule has 0 saturated heterocycles. The molecule has 10 nitrogen and oxygen atoms in total. The van der Waals surface area contributed by atoms with Gasteiger partial charge in [-0.15, -0.1) is 0 Å². The molecule has 2 aromatic rings. The zero-order valence-corrected chi connectivity index (χ0v) is 21.1. The second-order valence-corrected chi connectivity index (χ2v) is 7.33. The van der Waals surface area contributed by atoms with Crippen LogP contribution in [0.25, 0.3) is 0 Å². The summed E-state index contributed by atoms with van der Waals surface area (Å²) < 4.78 is 31.1. The van der Waals surface area contributed by atoms with Crippen LogP contribution in [0.1, 0.15) is 34.6 Å². The quantitative estimate of drug-likeness (QED) is 0.229. The number of carbonyl (C=O) groups is 4. The molecule has 2 rings (SSSR count). The Labute approximate surface area is 209 Å². The van der Waals surface area contributed by atoms with Crippen LogP contribution in [0, 0.1) is 11.8 Å². The van der Waals surface area contributed by atoms with Crippen LogP contribution in [0.15, 0.2) is 36.4 Å². The molecule has 0 N–H and O–H groups in total. The minimum absolute atomic E-state index is 0.0140. The molecule has 0 aliphatic rings. The molecule has 0 bridgehead atoms. The van der Waals surface area contributed by atoms with E-state index in [-0.39, 0.29) is 35.8 Å². The van der Waals surface area contributed by atoms with Crippen LogP contribution in [0.2, 0.25) is 0 Å². The molecule has 0 fully saturated rings. The SMILES string of the molecule is CCOC(=O)C(C(=O)c1ccc(OC)c(OC)c1)C(C(=O)OCC)C(=O)c1ccc(OC)c(OC)c1. The van der Waals surface area contributed by atoms with Crippen LogP contribution in [0.3, 0.4) is 0 Å². The van der Waals surface area contributed by atoms with E-state index >= 15 is 0 Å². The van der Waals surface area contributed by atoms with Gasteiger partial charge in [-0.3, -0.25) is 19.2 Å². The van der Waals surface area contributed by atoms with E-state index in [1.54, 1.807) is 13.8 Å². The van der Waals surface area contributed by atoms with Crippen molar-refractivity contribution in [2.24, 2.45) is 11.8 Å². The highest BCUT2D eigenvalue weighted by Gasteiger charge is 2.46. The van der Waals surface area contributed by atoms with E-state index in [2.05, 4.69) is 0 Å². The van der Waals surface area contributed by atoms with E-state index in [0.717, 1.165) is 0 Å². The molecule has 0 aliphatic carbocycles. The van der Waals surface area contributed by atoms with Crippen molar-refractivity contribution >= 4 is 23.5 Å². The van der Waals surface area contributed by atoms with Crippen molar-refractivity contribution in [2.75, 3.05) is 41.7 Å². The lowest BCUT2D eigenvalue weighted by molar-refractivity contribution is -0.156. The fraction of sp³-hybridized carbons (Fsp3) is 0.385. The number of ether oxygens (including phenoxy) is 6. The highest BCUT2D eigenvalue weighted by molar-refractivity contribution is 6.19. The monoisotopic (exact) mass is 502 g/mol. The molecule has 10 heteroatoms. The number of methoxy groups -OCH3 is 4. The Hall–Kier alpha value is -4.08. The Kier molecular flexibility index (Phi) is 10.3. The lowest BCUT2D eigenvalue weighted by atomic mass is 9.80. The summed E-state index contributed by atoms with van der Waals surface area (Å²) in [6, 6.07) is 8.47. The molecule has 0 radical (unpaired) electrons. The molecule has 0 aliphatic heterocycles. The lowest BCUT2D eigenvalue weighted by Gasteiger charge is -2.23. The third-order valence-electron chi connectivity index (χ3n) is 5.32. The van der Waals surface area contributed by atoms with Crippen molar-refractivity contribution in [3.63, 3.8) is 0 Å². The van der Waals surface area contributed by atoms with Gasteiger partial charge in [0.15, 0.2) is 34.6 Å². The Morgan fingerprint density at radius 3 is 1.19 bits per heavy atom. The maximum absolute atomic E-state index is 13.6. The molecule has 0 heterocycles. The van der Waals surface area contributed by atoms with Crippen LogP contribution < -0.4 is 18.9 Å². The van der Waals surface area contributed by atoms with Gasteiger partial charge in [0.2, 0.25) is 0 Å². The number of ketones is 2. The summed E-state index contributed by atoms with van der Waals surface area (Å²) in [7, 11) is 5.63. The smallest absolute Gasteiger partial charge is 0.318 e. The van der Waals surface area contributed by atoms with E-state index in [1.165, 1.54) is 64.8 Å². The van der Waals surface area contributed by atoms with E-state index in [1.807, 2.05) is 0 Å². The zero-order chi connectivity index (χ0) is 26.8. The highest BCUT2D eigenvalue weighted by atomic mass is 16.5. The van der Waals surface area contributed by atoms with Crippen LogP contribution >= 0.6 is 0 Å². The maximum atomic E-state index is 13.6. The van der Waals surface area contributed by atoms with Crippen LogP contribution in [0.5, 0.6) is 23.0 Å². The molecule has 0 amide bonds. The van der Waals surface area contributed by atoms with Crippen molar-refractivity contribution in [3.05, 3.63) is 47.5 Å². The molecule has 0 spiro atoms. The summed E-state index contributed by atoms with van der Waals surface area (Å²) in [4.78, 5) is 53.4. The number of hydrogen-bond donors (Lipinski definition) is 0. The average molecular weight is 503 g/mol. The summed E-state index contributed by atoms with van der Waals surface area (Å²) in [6.45, 7) is 2.94. The van der Waals surface area contributed by atoms with Crippen molar-refractivity contribution in [1.29, 1.82) is 0 Å². The van der Waals surface area contributed by atoms with Gasteiger partial charge in [0, 0.05) is 11.1 Å². The maximum Gasteiger partial charge on any atom is 0.318 e. The highest BCUT2D eigenvalue weighted by Crippen LogP contribution is 2.33. The Bertz CT molecular complexity index is 1020. The molecular formula is C26H30O10. The first-order valence-corrected chi connectivity index (χ1v) is 11.1. The van der Waals surface area contributed by atoms with Crippen molar-refractivity contribution in [1.82, 2.24) is 0 Å². The van der Waals surface area contributed by atoms with Gasteiger partial charge < -0.3 is 28.4 Å². The number of rotatable bonds is 13. The van der Waals surface area contributed by atoms with Crippen LogP contribution in [0.4, 0.5) is 0 Å². The van der Waals surface area contributed by atoms with Gasteiger partial charge >= 0.3 is 11.9 Å². The van der Waals surface area contributed by atoms with Gasteiger partial charge in [0.1, 0.15) is 11.8 Å². The Morgan fingerprint density at radius 2 is 0.917 bits per heavy atom. The third kappa shape index (κ3) is 6.12. The topological polar surface area (TPSA) is 124 Å². The van der Waals surface area contributed by atoms with Crippen LogP contribution in [-0.2, 0) is 19.1 Å². The average Bonchev–Trinajstić information content (AvgIpc) is 2.90. The van der Waals surface area contributed by atoms with Crippen molar-refractivity contribution in [3.8, 4) is 23.0 Å². The first kappa shape index (κ1) is 28.2. The van der Waals surface area contributed by atoms with Gasteiger partial charge in [0.05, 0.1) is 41.7 Å². The first-order chi connectivity index (χ1) is 17.3. The molecule has 2 unspecified atom stereocenters. The summed E-state index contributed by atoms with van der Waals surface area (Å²) in [6.07, 6.45) is 0. The third-order valence-corrected chi connectivity index (χ3v) is 5.32. The van der Waals surface area contributed by atoms with Gasteiger partial charge in [-0.05, 0) is 50.2 Å². The van der Waals surface area contributed by atoms with Crippen molar-refractivity contribution in [2.45, 2.75) is 13.8 Å². The molecule has 0 aromatic heterocycles. The first-order valence-electron chi connectivity index (χ1n) is 11.1. The van der Waals surface area contributed by atoms with Gasteiger partial charge in [0.25, 0.3) is 0 Å². The molecule has 0 saturated carbocycles. The summed E-state index contributed by atoms with van der Waals surface area (Å²) in [5.41, 5.74) is 0.0280. The second-order valence-electron chi connectivity index (χ2n) is 7.33. The zero-order valence-electron chi connectivity index (χ0n) is 21.1. The fourth-order valence-corrected chi connectivity index (χ4v) is 3.59. The molecule has 2 atom stereocenters.